The summed E-state index contributed by atoms with van der Waals surface area (Å²) in [7, 11) is 0. The van der Waals surface area contributed by atoms with Crippen molar-refractivity contribution in [2.24, 2.45) is 5.92 Å². The molecule has 1 fully saturated rings. The van der Waals surface area contributed by atoms with Crippen LogP contribution in [0.25, 0.3) is 0 Å². The second-order valence-electron chi connectivity index (χ2n) is 4.02. The van der Waals surface area contributed by atoms with Gasteiger partial charge in [0.05, 0.1) is 5.60 Å². The molecule has 76 valence electrons. The summed E-state index contributed by atoms with van der Waals surface area (Å²) in [6, 6.07) is 0. The van der Waals surface area contributed by atoms with Gasteiger partial charge in [0.15, 0.2) is 0 Å². The fraction of sp³-hybridized carbons (Fsp3) is 0.889. The van der Waals surface area contributed by atoms with Crippen LogP contribution in [0.5, 0.6) is 0 Å². The van der Waals surface area contributed by atoms with Gasteiger partial charge in [0.25, 0.3) is 0 Å². The maximum Gasteiger partial charge on any atom is 0.222 e. The second-order valence-corrected chi connectivity index (χ2v) is 4.02. The van der Waals surface area contributed by atoms with E-state index in [1.165, 1.54) is 0 Å². The quantitative estimate of drug-likeness (QED) is 0.556. The first-order valence-corrected chi connectivity index (χ1v) is 4.74. The van der Waals surface area contributed by atoms with E-state index in [9.17, 15) is 9.90 Å². The number of rotatable bonds is 3. The van der Waals surface area contributed by atoms with Gasteiger partial charge in [-0.3, -0.25) is 4.79 Å². The number of nitrogens with one attached hydrogen (secondary N) is 2. The monoisotopic (exact) mass is 186 g/mol. The average Bonchev–Trinajstić information content (AvgIpc) is 2.48. The van der Waals surface area contributed by atoms with Gasteiger partial charge in [0.2, 0.25) is 5.91 Å². The molecule has 3 N–H and O–H groups in total. The van der Waals surface area contributed by atoms with Crippen LogP contribution in [0.15, 0.2) is 0 Å². The van der Waals surface area contributed by atoms with Gasteiger partial charge in [-0.25, -0.2) is 0 Å². The molecule has 0 aromatic heterocycles. The molecule has 1 unspecified atom stereocenters. The Balaban J connectivity index is 2.29. The van der Waals surface area contributed by atoms with Crippen LogP contribution in [-0.4, -0.2) is 36.2 Å². The molecule has 0 aromatic carbocycles. The number of carbonyl (C=O) groups excluding carboxylic acids is 1. The molecule has 4 heteroatoms. The van der Waals surface area contributed by atoms with Crippen molar-refractivity contribution in [1.82, 2.24) is 10.6 Å². The number of aliphatic hydroxyl groups is 1. The van der Waals surface area contributed by atoms with Gasteiger partial charge in [-0.15, -0.1) is 0 Å². The molecule has 0 aromatic rings. The third kappa shape index (κ3) is 2.97. The third-order valence-corrected chi connectivity index (χ3v) is 2.34. The van der Waals surface area contributed by atoms with E-state index < -0.39 is 5.60 Å². The van der Waals surface area contributed by atoms with Crippen molar-refractivity contribution in [1.29, 1.82) is 0 Å². The minimum atomic E-state index is -0.732. The Bertz CT molecular complexity index is 186. The summed E-state index contributed by atoms with van der Waals surface area (Å²) in [4.78, 5) is 11.2. The molecule has 0 saturated carbocycles. The van der Waals surface area contributed by atoms with E-state index >= 15 is 0 Å². The molecule has 1 atom stereocenters. The van der Waals surface area contributed by atoms with Crippen molar-refractivity contribution < 1.29 is 9.90 Å². The molecule has 1 heterocycles. The van der Waals surface area contributed by atoms with Gasteiger partial charge in [-0.1, -0.05) is 13.8 Å². The molecule has 0 bridgehead atoms. The Hall–Kier alpha value is -0.610. The Morgan fingerprint density at radius 2 is 2.38 bits per heavy atom. The highest BCUT2D eigenvalue weighted by Crippen LogP contribution is 2.12. The van der Waals surface area contributed by atoms with E-state index in [1.807, 2.05) is 13.8 Å². The first kappa shape index (κ1) is 10.5. The molecule has 1 saturated heterocycles. The lowest BCUT2D eigenvalue weighted by atomic mass is 10.0. The summed E-state index contributed by atoms with van der Waals surface area (Å²) in [5.74, 6) is -0.0155. The van der Waals surface area contributed by atoms with Gasteiger partial charge in [-0.05, 0) is 13.0 Å². The lowest BCUT2D eigenvalue weighted by Gasteiger charge is -2.22. The van der Waals surface area contributed by atoms with E-state index in [4.69, 9.17) is 0 Å². The molecule has 1 amide bonds. The first-order chi connectivity index (χ1) is 6.03. The molecule has 13 heavy (non-hydrogen) atoms. The Kier molecular flexibility index (Phi) is 3.27. The molecule has 4 nitrogen and oxygen atoms in total. The number of β-amino-alcohol motifs (C(OH)–C–C–N with tert-alkyl or cyclic N) is 1. The zero-order chi connectivity index (χ0) is 9.90. The molecule has 0 spiro atoms. The standard InChI is InChI=1S/C9H18N2O2/c1-7(2)8(12)11-6-9(13)3-4-10-5-9/h7,10,13H,3-6H2,1-2H3,(H,11,12). The summed E-state index contributed by atoms with van der Waals surface area (Å²) >= 11 is 0. The topological polar surface area (TPSA) is 61.4 Å². The zero-order valence-corrected chi connectivity index (χ0v) is 8.26. The fourth-order valence-electron chi connectivity index (χ4n) is 1.34. The highest BCUT2D eigenvalue weighted by atomic mass is 16.3. The molecular formula is C9H18N2O2. The highest BCUT2D eigenvalue weighted by Gasteiger charge is 2.31. The van der Waals surface area contributed by atoms with Gasteiger partial charge in [0, 0.05) is 19.0 Å². The maximum absolute atomic E-state index is 11.2. The van der Waals surface area contributed by atoms with Crippen LogP contribution in [-0.2, 0) is 4.79 Å². The van der Waals surface area contributed by atoms with Crippen LogP contribution >= 0.6 is 0 Å². The lowest BCUT2D eigenvalue weighted by molar-refractivity contribution is -0.125. The number of hydrogen-bond donors (Lipinski definition) is 3. The van der Waals surface area contributed by atoms with Gasteiger partial charge < -0.3 is 15.7 Å². The van der Waals surface area contributed by atoms with Gasteiger partial charge in [0.1, 0.15) is 0 Å². The minimum Gasteiger partial charge on any atom is -0.387 e. The summed E-state index contributed by atoms with van der Waals surface area (Å²) < 4.78 is 0. The van der Waals surface area contributed by atoms with Gasteiger partial charge in [-0.2, -0.15) is 0 Å². The summed E-state index contributed by atoms with van der Waals surface area (Å²) in [6.07, 6.45) is 0.714. The summed E-state index contributed by atoms with van der Waals surface area (Å²) in [5, 5.41) is 15.6. The van der Waals surface area contributed by atoms with Crippen molar-refractivity contribution in [2.75, 3.05) is 19.6 Å². The van der Waals surface area contributed by atoms with E-state index in [1.54, 1.807) is 0 Å². The van der Waals surface area contributed by atoms with Crippen LogP contribution in [0, 0.1) is 5.92 Å². The fourth-order valence-corrected chi connectivity index (χ4v) is 1.34. The van der Waals surface area contributed by atoms with Crippen molar-refractivity contribution in [3.63, 3.8) is 0 Å². The maximum atomic E-state index is 11.2. The zero-order valence-electron chi connectivity index (χ0n) is 8.26. The predicted octanol–water partition coefficient (Wildman–Crippen LogP) is -0.517. The molecule has 1 aliphatic heterocycles. The lowest BCUT2D eigenvalue weighted by Crippen LogP contribution is -2.45. The number of hydrogen-bond acceptors (Lipinski definition) is 3. The first-order valence-electron chi connectivity index (χ1n) is 4.74. The Morgan fingerprint density at radius 1 is 1.69 bits per heavy atom. The van der Waals surface area contributed by atoms with Crippen LogP contribution in [0.2, 0.25) is 0 Å². The molecule has 1 aliphatic rings. The largest absolute Gasteiger partial charge is 0.387 e. The van der Waals surface area contributed by atoms with Crippen LogP contribution in [0.3, 0.4) is 0 Å². The third-order valence-electron chi connectivity index (χ3n) is 2.34. The summed E-state index contributed by atoms with van der Waals surface area (Å²) in [6.45, 7) is 5.44. The van der Waals surface area contributed by atoms with Crippen LogP contribution in [0.1, 0.15) is 20.3 Å². The van der Waals surface area contributed by atoms with Crippen molar-refractivity contribution in [2.45, 2.75) is 25.9 Å². The molecule has 0 aliphatic carbocycles. The Morgan fingerprint density at radius 3 is 2.85 bits per heavy atom. The van der Waals surface area contributed by atoms with E-state index in [-0.39, 0.29) is 11.8 Å². The van der Waals surface area contributed by atoms with Crippen molar-refractivity contribution >= 4 is 5.91 Å². The molecule has 1 rings (SSSR count). The molecular weight excluding hydrogens is 168 g/mol. The normalized spacial score (nSPS) is 28.0. The number of carbonyl (C=O) groups is 1. The predicted molar refractivity (Wildman–Crippen MR) is 50.3 cm³/mol. The average molecular weight is 186 g/mol. The Labute approximate surface area is 78.7 Å². The van der Waals surface area contributed by atoms with Crippen molar-refractivity contribution in [3.8, 4) is 0 Å². The SMILES string of the molecule is CC(C)C(=O)NCC1(O)CCNC1. The van der Waals surface area contributed by atoms with Gasteiger partial charge >= 0.3 is 0 Å². The van der Waals surface area contributed by atoms with Crippen molar-refractivity contribution in [3.05, 3.63) is 0 Å². The molecule has 0 radical (unpaired) electrons. The minimum absolute atomic E-state index is 0.000301. The van der Waals surface area contributed by atoms with E-state index in [0.717, 1.165) is 6.54 Å². The summed E-state index contributed by atoms with van der Waals surface area (Å²) in [5.41, 5.74) is -0.732. The smallest absolute Gasteiger partial charge is 0.222 e. The highest BCUT2D eigenvalue weighted by molar-refractivity contribution is 5.77. The van der Waals surface area contributed by atoms with Crippen LogP contribution < -0.4 is 10.6 Å². The van der Waals surface area contributed by atoms with E-state index in [2.05, 4.69) is 10.6 Å². The van der Waals surface area contributed by atoms with Crippen LogP contribution in [0.4, 0.5) is 0 Å². The number of amides is 1. The second kappa shape index (κ2) is 4.07. The van der Waals surface area contributed by atoms with E-state index in [0.29, 0.717) is 19.5 Å².